The highest BCUT2D eigenvalue weighted by atomic mass is 28.4. The molecule has 3 heteroatoms. The van der Waals surface area contributed by atoms with E-state index in [0.29, 0.717) is 0 Å². The lowest BCUT2D eigenvalue weighted by atomic mass is 9.91. The summed E-state index contributed by atoms with van der Waals surface area (Å²) in [7, 11) is -2.03. The van der Waals surface area contributed by atoms with Gasteiger partial charge in [0.15, 0.2) is 0 Å². The van der Waals surface area contributed by atoms with E-state index in [1.54, 1.807) is 0 Å². The van der Waals surface area contributed by atoms with E-state index in [2.05, 4.69) is 26.8 Å². The third-order valence-electron chi connectivity index (χ3n) is 3.80. The van der Waals surface area contributed by atoms with Gasteiger partial charge in [-0.15, -0.1) is 0 Å². The van der Waals surface area contributed by atoms with Crippen molar-refractivity contribution in [2.24, 2.45) is 5.92 Å². The molecule has 0 aromatic heterocycles. The molecular formula is C15H31O2Si. The molecule has 0 aromatic rings. The Morgan fingerprint density at radius 1 is 1.00 bits per heavy atom. The predicted molar refractivity (Wildman–Crippen MR) is 79.6 cm³/mol. The summed E-state index contributed by atoms with van der Waals surface area (Å²) in [5.74, 6) is 0.750. The molecule has 1 aliphatic carbocycles. The first-order valence-corrected chi connectivity index (χ1v) is 10.00. The van der Waals surface area contributed by atoms with Crippen LogP contribution in [0.1, 0.15) is 65.7 Å². The minimum absolute atomic E-state index is 0.750. The molecule has 0 N–H and O–H groups in total. The Morgan fingerprint density at radius 3 is 2.11 bits per heavy atom. The van der Waals surface area contributed by atoms with Crippen LogP contribution in [0.5, 0.6) is 0 Å². The Morgan fingerprint density at radius 2 is 1.61 bits per heavy atom. The summed E-state index contributed by atoms with van der Waals surface area (Å²) in [6.45, 7) is 8.03. The van der Waals surface area contributed by atoms with E-state index in [1.807, 2.05) is 0 Å². The molecule has 0 unspecified atom stereocenters. The van der Waals surface area contributed by atoms with Gasteiger partial charge in [0.2, 0.25) is 0 Å². The molecule has 1 saturated carbocycles. The van der Waals surface area contributed by atoms with E-state index in [9.17, 15) is 0 Å². The van der Waals surface area contributed by atoms with Crippen molar-refractivity contribution in [3.8, 4) is 0 Å². The first kappa shape index (κ1) is 16.2. The SMILES string of the molecule is CCCC[Si]([CH]C1CCCCC1)(OCC)OCC. The Kier molecular flexibility index (Phi) is 8.19. The molecule has 1 rings (SSSR count). The van der Waals surface area contributed by atoms with Gasteiger partial charge in [-0.1, -0.05) is 51.9 Å². The largest absolute Gasteiger partial charge is 0.394 e. The molecule has 107 valence electrons. The van der Waals surface area contributed by atoms with Crippen molar-refractivity contribution in [2.45, 2.75) is 71.8 Å². The van der Waals surface area contributed by atoms with Gasteiger partial charge in [0.25, 0.3) is 0 Å². The number of rotatable bonds is 9. The fourth-order valence-corrected chi connectivity index (χ4v) is 6.54. The summed E-state index contributed by atoms with van der Waals surface area (Å²) in [6.07, 6.45) is 9.34. The fourth-order valence-electron chi connectivity index (χ4n) is 2.94. The fraction of sp³-hybridized carbons (Fsp3) is 0.933. The van der Waals surface area contributed by atoms with E-state index in [0.717, 1.165) is 25.2 Å². The number of hydrogen-bond acceptors (Lipinski definition) is 2. The lowest BCUT2D eigenvalue weighted by Crippen LogP contribution is -2.45. The first-order valence-electron chi connectivity index (χ1n) is 7.90. The Bertz CT molecular complexity index is 197. The van der Waals surface area contributed by atoms with Gasteiger partial charge in [0, 0.05) is 19.3 Å². The van der Waals surface area contributed by atoms with Gasteiger partial charge in [-0.3, -0.25) is 0 Å². The third kappa shape index (κ3) is 5.41. The van der Waals surface area contributed by atoms with Gasteiger partial charge in [-0.25, -0.2) is 0 Å². The summed E-state index contributed by atoms with van der Waals surface area (Å²) < 4.78 is 12.3. The van der Waals surface area contributed by atoms with Gasteiger partial charge in [-0.05, 0) is 25.8 Å². The van der Waals surface area contributed by atoms with E-state index in [-0.39, 0.29) is 0 Å². The molecule has 0 saturated heterocycles. The van der Waals surface area contributed by atoms with E-state index in [1.165, 1.54) is 44.9 Å². The normalized spacial score (nSPS) is 18.2. The molecule has 1 radical (unpaired) electrons. The van der Waals surface area contributed by atoms with Crippen molar-refractivity contribution in [2.75, 3.05) is 13.2 Å². The minimum atomic E-state index is -2.03. The Labute approximate surface area is 115 Å². The molecule has 0 atom stereocenters. The van der Waals surface area contributed by atoms with Crippen LogP contribution in [0.3, 0.4) is 0 Å². The molecule has 0 spiro atoms. The summed E-state index contributed by atoms with van der Waals surface area (Å²) in [4.78, 5) is 0. The van der Waals surface area contributed by atoms with Crippen molar-refractivity contribution < 1.29 is 8.85 Å². The molecule has 0 bridgehead atoms. The first-order chi connectivity index (χ1) is 8.76. The lowest BCUT2D eigenvalue weighted by Gasteiger charge is -2.34. The van der Waals surface area contributed by atoms with Gasteiger partial charge in [0.1, 0.15) is 0 Å². The topological polar surface area (TPSA) is 18.5 Å². The van der Waals surface area contributed by atoms with Crippen molar-refractivity contribution in [3.63, 3.8) is 0 Å². The Balaban J connectivity index is 2.58. The van der Waals surface area contributed by atoms with Crippen LogP contribution in [-0.4, -0.2) is 21.8 Å². The molecule has 18 heavy (non-hydrogen) atoms. The highest BCUT2D eigenvalue weighted by Crippen LogP contribution is 2.32. The quantitative estimate of drug-likeness (QED) is 0.569. The van der Waals surface area contributed by atoms with E-state index >= 15 is 0 Å². The lowest BCUT2D eigenvalue weighted by molar-refractivity contribution is 0.183. The maximum absolute atomic E-state index is 6.14. The average molecular weight is 271 g/mol. The molecule has 0 aromatic carbocycles. The van der Waals surface area contributed by atoms with Crippen LogP contribution in [0.2, 0.25) is 6.04 Å². The zero-order chi connectivity index (χ0) is 13.3. The molecule has 1 fully saturated rings. The van der Waals surface area contributed by atoms with Gasteiger partial charge >= 0.3 is 8.56 Å². The smallest absolute Gasteiger partial charge is 0.341 e. The molecule has 0 aliphatic heterocycles. The molecule has 0 amide bonds. The highest BCUT2D eigenvalue weighted by Gasteiger charge is 2.39. The average Bonchev–Trinajstić information content (AvgIpc) is 2.38. The predicted octanol–water partition coefficient (Wildman–Crippen LogP) is 4.63. The van der Waals surface area contributed by atoms with Crippen LogP contribution in [0.4, 0.5) is 0 Å². The van der Waals surface area contributed by atoms with E-state index < -0.39 is 8.56 Å². The van der Waals surface area contributed by atoms with Crippen LogP contribution in [0.15, 0.2) is 0 Å². The highest BCUT2D eigenvalue weighted by molar-refractivity contribution is 6.71. The van der Waals surface area contributed by atoms with Crippen LogP contribution in [-0.2, 0) is 8.85 Å². The zero-order valence-corrected chi connectivity index (χ0v) is 13.5. The monoisotopic (exact) mass is 271 g/mol. The second kappa shape index (κ2) is 9.11. The van der Waals surface area contributed by atoms with Crippen LogP contribution in [0.25, 0.3) is 0 Å². The molecular weight excluding hydrogens is 240 g/mol. The summed E-state index contributed by atoms with van der Waals surface area (Å²) in [5.41, 5.74) is 0. The zero-order valence-electron chi connectivity index (χ0n) is 12.5. The second-order valence-corrected chi connectivity index (χ2v) is 8.38. The summed E-state index contributed by atoms with van der Waals surface area (Å²) in [6, 6.07) is 3.66. The maximum Gasteiger partial charge on any atom is 0.341 e. The number of hydrogen-bond donors (Lipinski definition) is 0. The Hall–Kier alpha value is 0.137. The van der Waals surface area contributed by atoms with E-state index in [4.69, 9.17) is 8.85 Å². The molecule has 0 heterocycles. The summed E-state index contributed by atoms with van der Waals surface area (Å²) in [5, 5.41) is 0. The number of unbranched alkanes of at least 4 members (excludes halogenated alkanes) is 1. The summed E-state index contributed by atoms with van der Waals surface area (Å²) >= 11 is 0. The van der Waals surface area contributed by atoms with Gasteiger partial charge in [-0.2, -0.15) is 0 Å². The van der Waals surface area contributed by atoms with Crippen LogP contribution < -0.4 is 0 Å². The maximum atomic E-state index is 6.14. The molecule has 2 nitrogen and oxygen atoms in total. The van der Waals surface area contributed by atoms with Gasteiger partial charge in [0.05, 0.1) is 0 Å². The van der Waals surface area contributed by atoms with Crippen LogP contribution >= 0.6 is 0 Å². The van der Waals surface area contributed by atoms with Crippen molar-refractivity contribution in [1.82, 2.24) is 0 Å². The standard InChI is InChI=1S/C15H31O2Si/c1-4-7-13-18(16-5-2,17-6-3)14-15-11-9-8-10-12-15/h14-15H,4-13H2,1-3H3. The van der Waals surface area contributed by atoms with Crippen molar-refractivity contribution in [3.05, 3.63) is 6.04 Å². The van der Waals surface area contributed by atoms with Crippen LogP contribution in [0, 0.1) is 12.0 Å². The minimum Gasteiger partial charge on any atom is -0.394 e. The molecule has 1 aliphatic rings. The third-order valence-corrected chi connectivity index (χ3v) is 7.38. The van der Waals surface area contributed by atoms with Crippen molar-refractivity contribution >= 4 is 8.56 Å². The van der Waals surface area contributed by atoms with Gasteiger partial charge < -0.3 is 8.85 Å². The second-order valence-electron chi connectivity index (χ2n) is 5.35. The van der Waals surface area contributed by atoms with Crippen molar-refractivity contribution in [1.29, 1.82) is 0 Å².